The van der Waals surface area contributed by atoms with Gasteiger partial charge in [0, 0.05) is 37.8 Å². The number of hydrogen-bond acceptors (Lipinski definition) is 4. The van der Waals surface area contributed by atoms with E-state index in [0.29, 0.717) is 12.1 Å². The second-order valence-electron chi connectivity index (χ2n) is 5.70. The second kappa shape index (κ2) is 5.97. The Balaban J connectivity index is 1.86. The molecule has 24 heavy (non-hydrogen) atoms. The van der Waals surface area contributed by atoms with Crippen molar-refractivity contribution in [2.24, 2.45) is 0 Å². The Kier molecular flexibility index (Phi) is 4.12. The lowest BCUT2D eigenvalue weighted by atomic mass is 10.0. The molecule has 128 valence electrons. The minimum absolute atomic E-state index is 0.115. The van der Waals surface area contributed by atoms with Crippen LogP contribution in [0.25, 0.3) is 0 Å². The van der Waals surface area contributed by atoms with Crippen molar-refractivity contribution in [3.8, 4) is 0 Å². The molecule has 0 bridgehead atoms. The van der Waals surface area contributed by atoms with Gasteiger partial charge in [0.2, 0.25) is 11.8 Å². The number of aromatic amines is 1. The summed E-state index contributed by atoms with van der Waals surface area (Å²) in [6.45, 7) is 2.48. The van der Waals surface area contributed by atoms with E-state index in [-0.39, 0.29) is 30.8 Å². The lowest BCUT2D eigenvalue weighted by Gasteiger charge is -2.28. The van der Waals surface area contributed by atoms with Crippen molar-refractivity contribution < 1.29 is 17.6 Å². The number of aromatic nitrogens is 3. The van der Waals surface area contributed by atoms with Crippen LogP contribution >= 0.6 is 0 Å². The van der Waals surface area contributed by atoms with E-state index in [1.165, 1.54) is 6.20 Å². The molecule has 0 amide bonds. The molecule has 3 heterocycles. The molecule has 1 aliphatic heterocycles. The first-order valence-corrected chi connectivity index (χ1v) is 7.27. The van der Waals surface area contributed by atoms with Crippen LogP contribution in [0.15, 0.2) is 17.1 Å². The van der Waals surface area contributed by atoms with Crippen molar-refractivity contribution in [1.29, 1.82) is 0 Å². The van der Waals surface area contributed by atoms with Crippen molar-refractivity contribution in [2.45, 2.75) is 32.6 Å². The normalized spacial score (nSPS) is 15.4. The van der Waals surface area contributed by atoms with Crippen LogP contribution in [-0.2, 0) is 25.7 Å². The number of halogens is 4. The van der Waals surface area contributed by atoms with Gasteiger partial charge in [-0.15, -0.1) is 0 Å². The quantitative estimate of drug-likeness (QED) is 0.671. The number of fused-ring (bicyclic) bond motifs is 1. The number of hydrogen-bond donors (Lipinski definition) is 1. The van der Waals surface area contributed by atoms with Crippen LogP contribution < -0.4 is 5.56 Å². The Labute approximate surface area is 134 Å². The lowest BCUT2D eigenvalue weighted by molar-refractivity contribution is -0.145. The van der Waals surface area contributed by atoms with E-state index in [9.17, 15) is 22.4 Å². The van der Waals surface area contributed by atoms with Gasteiger partial charge in [0.15, 0.2) is 0 Å². The van der Waals surface area contributed by atoms with Crippen molar-refractivity contribution in [2.75, 3.05) is 6.54 Å². The van der Waals surface area contributed by atoms with E-state index in [4.69, 9.17) is 0 Å². The molecule has 0 atom stereocenters. The summed E-state index contributed by atoms with van der Waals surface area (Å²) in [4.78, 5) is 22.7. The van der Waals surface area contributed by atoms with Gasteiger partial charge in [-0.1, -0.05) is 0 Å². The summed E-state index contributed by atoms with van der Waals surface area (Å²) >= 11 is 0. The Morgan fingerprint density at radius 1 is 1.38 bits per heavy atom. The fraction of sp³-hybridized carbons (Fsp3) is 0.400. The smallest absolute Gasteiger partial charge is 0.303 e. The summed E-state index contributed by atoms with van der Waals surface area (Å²) < 4.78 is 51.9. The van der Waals surface area contributed by atoms with Crippen LogP contribution in [0.3, 0.4) is 0 Å². The highest BCUT2D eigenvalue weighted by Crippen LogP contribution is 2.27. The van der Waals surface area contributed by atoms with Gasteiger partial charge in [-0.25, -0.2) is 9.97 Å². The average Bonchev–Trinajstić information content (AvgIpc) is 2.50. The standard InChI is InChI=1S/C15H14F4N4O/c1-8-2-4-20-12(16)9(8)6-23-5-3-11-10(7-23)13(24)22-14(21-11)15(17,18)19/h2,4H,3,5-7H2,1H3,(H,21,22,24). The predicted octanol–water partition coefficient (Wildman–Crippen LogP) is 2.19. The fourth-order valence-electron chi connectivity index (χ4n) is 2.72. The van der Waals surface area contributed by atoms with Gasteiger partial charge in [-0.3, -0.25) is 9.69 Å². The molecule has 0 fully saturated rings. The number of rotatable bonds is 2. The number of alkyl halides is 3. The number of nitrogens with zero attached hydrogens (tertiary/aromatic N) is 3. The van der Waals surface area contributed by atoms with Crippen molar-refractivity contribution in [3.63, 3.8) is 0 Å². The first kappa shape index (κ1) is 16.6. The van der Waals surface area contributed by atoms with Crippen LogP contribution in [0.5, 0.6) is 0 Å². The van der Waals surface area contributed by atoms with Gasteiger partial charge in [0.25, 0.3) is 5.56 Å². The zero-order valence-electron chi connectivity index (χ0n) is 12.7. The Hall–Kier alpha value is -2.29. The number of H-pyrrole nitrogens is 1. The van der Waals surface area contributed by atoms with Crippen LogP contribution in [0, 0.1) is 12.9 Å². The number of aryl methyl sites for hydroxylation is 1. The molecule has 1 N–H and O–H groups in total. The van der Waals surface area contributed by atoms with Crippen molar-refractivity contribution in [1.82, 2.24) is 19.9 Å². The van der Waals surface area contributed by atoms with E-state index in [0.717, 1.165) is 5.56 Å². The Bertz CT molecular complexity index is 811. The van der Waals surface area contributed by atoms with E-state index >= 15 is 0 Å². The molecule has 0 aromatic carbocycles. The summed E-state index contributed by atoms with van der Waals surface area (Å²) in [5.74, 6) is -1.87. The minimum Gasteiger partial charge on any atom is -0.303 e. The Morgan fingerprint density at radius 3 is 2.79 bits per heavy atom. The first-order chi connectivity index (χ1) is 11.3. The summed E-state index contributed by atoms with van der Waals surface area (Å²) in [7, 11) is 0. The summed E-state index contributed by atoms with van der Waals surface area (Å²) in [5.41, 5.74) is 0.673. The molecule has 5 nitrogen and oxygen atoms in total. The zero-order valence-corrected chi connectivity index (χ0v) is 12.7. The predicted molar refractivity (Wildman–Crippen MR) is 76.6 cm³/mol. The van der Waals surface area contributed by atoms with Gasteiger partial charge < -0.3 is 4.98 Å². The van der Waals surface area contributed by atoms with Crippen LogP contribution in [0.1, 0.15) is 28.2 Å². The molecule has 0 saturated heterocycles. The highest BCUT2D eigenvalue weighted by atomic mass is 19.4. The minimum atomic E-state index is -4.69. The van der Waals surface area contributed by atoms with Crippen LogP contribution in [-0.4, -0.2) is 26.4 Å². The highest BCUT2D eigenvalue weighted by Gasteiger charge is 2.36. The third kappa shape index (κ3) is 3.16. The van der Waals surface area contributed by atoms with Crippen molar-refractivity contribution >= 4 is 0 Å². The van der Waals surface area contributed by atoms with Crippen LogP contribution in [0.4, 0.5) is 17.6 Å². The van der Waals surface area contributed by atoms with Gasteiger partial charge in [-0.05, 0) is 18.6 Å². The van der Waals surface area contributed by atoms with E-state index < -0.39 is 23.5 Å². The zero-order chi connectivity index (χ0) is 17.5. The van der Waals surface area contributed by atoms with Crippen LogP contribution in [0.2, 0.25) is 0 Å². The first-order valence-electron chi connectivity index (χ1n) is 7.27. The Morgan fingerprint density at radius 2 is 2.12 bits per heavy atom. The maximum absolute atomic E-state index is 13.8. The molecule has 0 radical (unpaired) electrons. The molecule has 1 aliphatic rings. The third-order valence-corrected chi connectivity index (χ3v) is 4.04. The number of pyridine rings is 1. The lowest BCUT2D eigenvalue weighted by Crippen LogP contribution is -2.37. The molecule has 0 unspecified atom stereocenters. The van der Waals surface area contributed by atoms with E-state index in [2.05, 4.69) is 9.97 Å². The maximum Gasteiger partial charge on any atom is 0.449 e. The molecule has 0 saturated carbocycles. The molecule has 3 rings (SSSR count). The molecule has 0 aliphatic carbocycles. The topological polar surface area (TPSA) is 61.9 Å². The third-order valence-electron chi connectivity index (χ3n) is 4.04. The van der Waals surface area contributed by atoms with E-state index in [1.54, 1.807) is 22.9 Å². The number of nitrogens with one attached hydrogen (secondary N) is 1. The SMILES string of the molecule is Cc1ccnc(F)c1CN1CCc2nc(C(F)(F)F)[nH]c(=O)c2C1. The molecule has 0 spiro atoms. The molecular weight excluding hydrogens is 328 g/mol. The molecule has 2 aromatic rings. The van der Waals surface area contributed by atoms with Gasteiger partial charge in [0.1, 0.15) is 0 Å². The van der Waals surface area contributed by atoms with E-state index in [1.807, 2.05) is 0 Å². The molecular formula is C15H14F4N4O. The summed E-state index contributed by atoms with van der Waals surface area (Å²) in [6, 6.07) is 1.68. The second-order valence-corrected chi connectivity index (χ2v) is 5.70. The largest absolute Gasteiger partial charge is 0.449 e. The highest BCUT2D eigenvalue weighted by molar-refractivity contribution is 5.25. The van der Waals surface area contributed by atoms with Gasteiger partial charge >= 0.3 is 6.18 Å². The molecule has 9 heteroatoms. The molecule has 2 aromatic heterocycles. The van der Waals surface area contributed by atoms with Crippen molar-refractivity contribution in [3.05, 3.63) is 56.8 Å². The van der Waals surface area contributed by atoms with Gasteiger partial charge in [-0.2, -0.15) is 17.6 Å². The maximum atomic E-state index is 13.8. The summed E-state index contributed by atoms with van der Waals surface area (Å²) in [5, 5.41) is 0. The average molecular weight is 342 g/mol. The fourth-order valence-corrected chi connectivity index (χ4v) is 2.72. The summed E-state index contributed by atoms with van der Waals surface area (Å²) in [6.07, 6.45) is -3.13. The monoisotopic (exact) mass is 342 g/mol. The van der Waals surface area contributed by atoms with Gasteiger partial charge in [0.05, 0.1) is 11.3 Å².